The van der Waals surface area contributed by atoms with Crippen LogP contribution in [0, 0.1) is 11.8 Å². The second-order valence-electron chi connectivity index (χ2n) is 11.9. The summed E-state index contributed by atoms with van der Waals surface area (Å²) in [6.07, 6.45) is -1.01. The number of carbonyl (C=O) groups excluding carboxylic acids is 1. The third-order valence-electron chi connectivity index (χ3n) is 7.13. The highest BCUT2D eigenvalue weighted by Crippen LogP contribution is 2.42. The van der Waals surface area contributed by atoms with Gasteiger partial charge in [0.25, 0.3) is 0 Å². The Morgan fingerprint density at radius 1 is 1.15 bits per heavy atom. The predicted molar refractivity (Wildman–Crippen MR) is 134 cm³/mol. The molecule has 2 aliphatic carbocycles. The van der Waals surface area contributed by atoms with Crippen molar-refractivity contribution < 1.29 is 31.5 Å². The van der Waals surface area contributed by atoms with Gasteiger partial charge in [0.15, 0.2) is 5.65 Å². The molecule has 0 radical (unpaired) electrons. The van der Waals surface area contributed by atoms with Gasteiger partial charge in [-0.3, -0.25) is 0 Å². The molecule has 13 heteroatoms. The van der Waals surface area contributed by atoms with Crippen LogP contribution in [-0.4, -0.2) is 51.0 Å². The van der Waals surface area contributed by atoms with Crippen molar-refractivity contribution >= 4 is 11.7 Å². The molecule has 3 atom stereocenters. The molecule has 2 aromatic heterocycles. The number of nitrogens with two attached hydrogens (primary N) is 1. The number of hydrogen-bond acceptors (Lipinski definition) is 6. The molecule has 4 N–H and O–H groups in total. The third kappa shape index (κ3) is 8.47. The number of alkyl halides is 5. The average Bonchev–Trinajstić information content (AvgIpc) is 3.53. The van der Waals surface area contributed by atoms with Gasteiger partial charge in [0, 0.05) is 31.5 Å². The number of carbonyl (C=O) groups is 1. The first kappa shape index (κ1) is 29.4. The molecule has 1 amide bonds. The maximum Gasteiger partial charge on any atom is 0.408 e. The zero-order valence-corrected chi connectivity index (χ0v) is 22.4. The van der Waals surface area contributed by atoms with Gasteiger partial charge in [0.05, 0.1) is 30.6 Å². The van der Waals surface area contributed by atoms with Crippen molar-refractivity contribution in [3.63, 3.8) is 0 Å². The van der Waals surface area contributed by atoms with E-state index in [1.807, 2.05) is 0 Å². The summed E-state index contributed by atoms with van der Waals surface area (Å²) in [6.45, 7) is 5.21. The monoisotopic (exact) mass is 560 g/mol. The van der Waals surface area contributed by atoms with E-state index in [9.17, 15) is 26.7 Å². The van der Waals surface area contributed by atoms with Crippen molar-refractivity contribution in [2.24, 2.45) is 17.6 Å². The van der Waals surface area contributed by atoms with Crippen molar-refractivity contribution in [1.29, 1.82) is 0 Å². The van der Waals surface area contributed by atoms with Crippen molar-refractivity contribution in [2.45, 2.75) is 102 Å². The highest BCUT2D eigenvalue weighted by molar-refractivity contribution is 5.68. The number of amides is 1. The minimum absolute atomic E-state index is 0.000254. The van der Waals surface area contributed by atoms with Gasteiger partial charge in [-0.1, -0.05) is 0 Å². The molecule has 39 heavy (non-hydrogen) atoms. The highest BCUT2D eigenvalue weighted by atomic mass is 19.4. The van der Waals surface area contributed by atoms with Gasteiger partial charge < -0.3 is 21.1 Å². The molecule has 2 heterocycles. The van der Waals surface area contributed by atoms with Crippen LogP contribution in [0.1, 0.15) is 89.1 Å². The first-order valence-electron chi connectivity index (χ1n) is 13.4. The molecule has 2 aliphatic rings. The van der Waals surface area contributed by atoms with Gasteiger partial charge in [-0.15, -0.1) is 0 Å². The average molecular weight is 561 g/mol. The van der Waals surface area contributed by atoms with Crippen LogP contribution in [0.2, 0.25) is 0 Å². The maximum absolute atomic E-state index is 13.9. The largest absolute Gasteiger partial charge is 0.444 e. The molecular weight excluding hydrogens is 523 g/mol. The van der Waals surface area contributed by atoms with Crippen molar-refractivity contribution in [3.8, 4) is 0 Å². The van der Waals surface area contributed by atoms with E-state index >= 15 is 0 Å². The lowest BCUT2D eigenvalue weighted by Gasteiger charge is -2.33. The lowest BCUT2D eigenvalue weighted by Crippen LogP contribution is -2.40. The van der Waals surface area contributed by atoms with Gasteiger partial charge in [0.2, 0.25) is 5.92 Å². The van der Waals surface area contributed by atoms with Gasteiger partial charge in [-0.05, 0) is 69.9 Å². The van der Waals surface area contributed by atoms with E-state index in [-0.39, 0.29) is 50.1 Å². The maximum atomic E-state index is 13.9. The number of alkyl carbamates (subject to hydrolysis) is 1. The number of hydrogen-bond donors (Lipinski definition) is 3. The molecule has 4 rings (SSSR count). The lowest BCUT2D eigenvalue weighted by molar-refractivity contribution is -0.138. The fourth-order valence-electron chi connectivity index (χ4n) is 5.13. The number of halogens is 5. The van der Waals surface area contributed by atoms with E-state index in [0.29, 0.717) is 11.3 Å². The first-order chi connectivity index (χ1) is 18.1. The summed E-state index contributed by atoms with van der Waals surface area (Å²) < 4.78 is 72.8. The molecule has 0 aromatic carbocycles. The minimum Gasteiger partial charge on any atom is -0.444 e. The summed E-state index contributed by atoms with van der Waals surface area (Å²) >= 11 is 0. The highest BCUT2D eigenvalue weighted by Gasteiger charge is 2.40. The quantitative estimate of drug-likeness (QED) is 0.353. The summed E-state index contributed by atoms with van der Waals surface area (Å²) in [4.78, 5) is 17.3. The number of rotatable bonds is 9. The standard InChI is InChI=1S/C26H37F5N6O2/c1-24(2,3)39-23(38)36-22(16-6-8-25(27,28)9-7-16)19-14-37-20(35-19)10-17(12-34-37)21(15-4-5-15)33-13-18(32)11-26(29,30)31/h10,12,14-16,18,21-22,33H,4-9,11,13,32H2,1-3H3,(H,36,38)/t18-,21-,22+/m1/s1. The molecule has 2 aromatic rings. The summed E-state index contributed by atoms with van der Waals surface area (Å²) in [7, 11) is 0. The summed E-state index contributed by atoms with van der Waals surface area (Å²) in [5.74, 6) is -2.74. The Bertz CT molecular complexity index is 1130. The van der Waals surface area contributed by atoms with Crippen molar-refractivity contribution in [2.75, 3.05) is 6.54 Å². The number of nitrogens with one attached hydrogen (secondary N) is 2. The third-order valence-corrected chi connectivity index (χ3v) is 7.13. The molecule has 2 fully saturated rings. The molecule has 2 saturated carbocycles. The number of nitrogens with zero attached hydrogens (tertiary/aromatic N) is 3. The van der Waals surface area contributed by atoms with Gasteiger partial charge in [-0.2, -0.15) is 18.3 Å². The summed E-state index contributed by atoms with van der Waals surface area (Å²) in [5.41, 5.74) is 6.68. The smallest absolute Gasteiger partial charge is 0.408 e. The van der Waals surface area contributed by atoms with Crippen LogP contribution in [0.15, 0.2) is 18.5 Å². The Balaban J connectivity index is 1.55. The normalized spacial score (nSPS) is 20.9. The van der Waals surface area contributed by atoms with Gasteiger partial charge >= 0.3 is 12.3 Å². The van der Waals surface area contributed by atoms with Crippen LogP contribution in [0.3, 0.4) is 0 Å². The van der Waals surface area contributed by atoms with E-state index in [1.165, 1.54) is 0 Å². The summed E-state index contributed by atoms with van der Waals surface area (Å²) in [5, 5.41) is 10.5. The molecule has 0 unspecified atom stereocenters. The topological polar surface area (TPSA) is 107 Å². The SMILES string of the molecule is CC(C)(C)OC(=O)N[C@H](c1cn2ncc([C@H](NC[C@H](N)CC(F)(F)F)C3CC3)cc2n1)C1CCC(F)(F)CC1. The van der Waals surface area contributed by atoms with E-state index in [2.05, 4.69) is 20.7 Å². The van der Waals surface area contributed by atoms with E-state index in [0.717, 1.165) is 18.4 Å². The molecule has 8 nitrogen and oxygen atoms in total. The van der Waals surface area contributed by atoms with Gasteiger partial charge in [0.1, 0.15) is 5.60 Å². The fraction of sp³-hybridized carbons (Fsp3) is 0.731. The van der Waals surface area contributed by atoms with Crippen LogP contribution in [-0.2, 0) is 4.74 Å². The van der Waals surface area contributed by atoms with E-state index in [1.54, 1.807) is 43.7 Å². The van der Waals surface area contributed by atoms with Crippen LogP contribution >= 0.6 is 0 Å². The van der Waals surface area contributed by atoms with Crippen LogP contribution in [0.4, 0.5) is 26.7 Å². The zero-order valence-electron chi connectivity index (χ0n) is 22.4. The van der Waals surface area contributed by atoms with Crippen molar-refractivity contribution in [3.05, 3.63) is 29.7 Å². The molecule has 0 spiro atoms. The Hall–Kier alpha value is -2.54. The van der Waals surface area contributed by atoms with Crippen LogP contribution in [0.25, 0.3) is 5.65 Å². The number of aromatic nitrogens is 3. The molecular formula is C26H37F5N6O2. The fourth-order valence-corrected chi connectivity index (χ4v) is 5.13. The number of ether oxygens (including phenoxy) is 1. The Morgan fingerprint density at radius 3 is 2.38 bits per heavy atom. The molecule has 0 bridgehead atoms. The molecule has 218 valence electrons. The van der Waals surface area contributed by atoms with Crippen LogP contribution < -0.4 is 16.4 Å². The second-order valence-corrected chi connectivity index (χ2v) is 11.9. The lowest BCUT2D eigenvalue weighted by atomic mass is 9.81. The molecule has 0 saturated heterocycles. The minimum atomic E-state index is -4.33. The van der Waals surface area contributed by atoms with Crippen molar-refractivity contribution in [1.82, 2.24) is 25.2 Å². The Labute approximate surface area is 224 Å². The van der Waals surface area contributed by atoms with Gasteiger partial charge in [-0.25, -0.2) is 23.1 Å². The zero-order chi connectivity index (χ0) is 28.6. The Kier molecular flexibility index (Phi) is 8.42. The first-order valence-corrected chi connectivity index (χ1v) is 13.4. The Morgan fingerprint density at radius 2 is 1.79 bits per heavy atom. The van der Waals surface area contributed by atoms with E-state index in [4.69, 9.17) is 10.5 Å². The number of imidazole rings is 1. The van der Waals surface area contributed by atoms with Crippen LogP contribution in [0.5, 0.6) is 0 Å². The summed E-state index contributed by atoms with van der Waals surface area (Å²) in [6, 6.07) is -0.137. The second kappa shape index (κ2) is 11.1. The predicted octanol–water partition coefficient (Wildman–Crippen LogP) is 5.44. The number of fused-ring (bicyclic) bond motifs is 1. The molecule has 0 aliphatic heterocycles. The van der Waals surface area contributed by atoms with E-state index < -0.39 is 42.3 Å².